The number of urea groups is 1. The lowest BCUT2D eigenvalue weighted by atomic mass is 9.92. The summed E-state index contributed by atoms with van der Waals surface area (Å²) in [6, 6.07) is 12.1. The predicted molar refractivity (Wildman–Crippen MR) is 134 cm³/mol. The summed E-state index contributed by atoms with van der Waals surface area (Å²) in [5, 5.41) is 6.51. The Morgan fingerprint density at radius 2 is 1.86 bits per heavy atom. The average Bonchev–Trinajstić information content (AvgIpc) is 2.85. The van der Waals surface area contributed by atoms with Gasteiger partial charge in [-0.25, -0.2) is 19.2 Å². The summed E-state index contributed by atoms with van der Waals surface area (Å²) in [5.74, 6) is -0.798. The number of nitrogens with one attached hydrogen (secondary N) is 1. The number of amides is 4. The monoisotopic (exact) mass is 515 g/mol. The molecule has 36 heavy (non-hydrogen) atoms. The number of likely N-dealkylation sites (N-methyl/N-ethyl adjacent to an activating group) is 1. The van der Waals surface area contributed by atoms with Gasteiger partial charge in [0.2, 0.25) is 11.8 Å². The molecule has 2 aliphatic heterocycles. The zero-order chi connectivity index (χ0) is 26.0. The van der Waals surface area contributed by atoms with Crippen LogP contribution in [-0.4, -0.2) is 70.0 Å². The molecule has 2 aliphatic rings. The second-order valence-corrected chi connectivity index (χ2v) is 9.77. The Morgan fingerprint density at radius 3 is 2.53 bits per heavy atom. The van der Waals surface area contributed by atoms with Crippen LogP contribution in [0.15, 0.2) is 48.5 Å². The molecule has 3 atom stereocenters. The predicted octanol–water partition coefficient (Wildman–Crippen LogP) is 3.46. The first-order chi connectivity index (χ1) is 17.2. The third kappa shape index (κ3) is 5.17. The fraction of sp³-hybridized carbons (Fsp3) is 0.423. The SMILES string of the molecule is CCC(C)[C@H]1C(=O)N(Cc2ccccc2Cl)C[C@H]2N1C(=O)CN(C)N2C(=O)NCc1ccc(F)cc1. The van der Waals surface area contributed by atoms with Gasteiger partial charge in [-0.15, -0.1) is 0 Å². The Labute approximate surface area is 215 Å². The number of rotatable bonds is 6. The highest BCUT2D eigenvalue weighted by molar-refractivity contribution is 6.31. The fourth-order valence-corrected chi connectivity index (χ4v) is 5.03. The van der Waals surface area contributed by atoms with Gasteiger partial charge in [-0.05, 0) is 35.2 Å². The first-order valence-corrected chi connectivity index (χ1v) is 12.4. The van der Waals surface area contributed by atoms with Gasteiger partial charge in [-0.2, -0.15) is 0 Å². The Balaban J connectivity index is 1.62. The average molecular weight is 516 g/mol. The number of hydrogen-bond acceptors (Lipinski definition) is 4. The van der Waals surface area contributed by atoms with Crippen LogP contribution >= 0.6 is 11.6 Å². The number of hydrazine groups is 1. The molecular weight excluding hydrogens is 485 g/mol. The van der Waals surface area contributed by atoms with Gasteiger partial charge < -0.3 is 15.1 Å². The summed E-state index contributed by atoms with van der Waals surface area (Å²) >= 11 is 6.38. The minimum atomic E-state index is -0.690. The highest BCUT2D eigenvalue weighted by atomic mass is 35.5. The Kier molecular flexibility index (Phi) is 7.80. The summed E-state index contributed by atoms with van der Waals surface area (Å²) < 4.78 is 13.3. The zero-order valence-electron chi connectivity index (χ0n) is 20.7. The van der Waals surface area contributed by atoms with E-state index >= 15 is 0 Å². The van der Waals surface area contributed by atoms with E-state index in [1.165, 1.54) is 17.1 Å². The maximum Gasteiger partial charge on any atom is 0.334 e. The van der Waals surface area contributed by atoms with E-state index in [1.54, 1.807) is 40.1 Å². The first-order valence-electron chi connectivity index (χ1n) is 12.1. The van der Waals surface area contributed by atoms with Crippen molar-refractivity contribution in [2.45, 2.75) is 45.6 Å². The zero-order valence-corrected chi connectivity index (χ0v) is 21.4. The number of benzene rings is 2. The summed E-state index contributed by atoms with van der Waals surface area (Å²) in [5.41, 5.74) is 1.54. The van der Waals surface area contributed by atoms with E-state index in [0.29, 0.717) is 11.4 Å². The second kappa shape index (κ2) is 10.8. The molecule has 2 saturated heterocycles. The van der Waals surface area contributed by atoms with Crippen LogP contribution in [0.3, 0.4) is 0 Å². The maximum absolute atomic E-state index is 13.7. The molecule has 192 valence electrons. The van der Waals surface area contributed by atoms with Crippen LogP contribution in [0.1, 0.15) is 31.4 Å². The standard InChI is InChI=1S/C26H31ClFN5O3/c1-4-17(2)24-25(35)31(14-19-7-5-6-8-21(19)27)15-22-32(24)23(34)16-30(3)33(22)26(36)29-13-18-9-11-20(28)12-10-18/h5-12,17,22,24H,4,13-16H2,1-3H3,(H,29,36)/t17?,22-,24-/m0/s1. The number of hydrogen-bond donors (Lipinski definition) is 1. The van der Waals surface area contributed by atoms with Crippen molar-refractivity contribution in [1.82, 2.24) is 25.1 Å². The topological polar surface area (TPSA) is 76.2 Å². The number of piperazine rings is 1. The summed E-state index contributed by atoms with van der Waals surface area (Å²) in [4.78, 5) is 43.5. The van der Waals surface area contributed by atoms with Gasteiger partial charge in [0.15, 0.2) is 0 Å². The van der Waals surface area contributed by atoms with Crippen molar-refractivity contribution in [3.63, 3.8) is 0 Å². The van der Waals surface area contributed by atoms with Crippen LogP contribution in [0.4, 0.5) is 9.18 Å². The maximum atomic E-state index is 13.7. The number of fused-ring (bicyclic) bond motifs is 1. The second-order valence-electron chi connectivity index (χ2n) is 9.37. The minimum Gasteiger partial charge on any atom is -0.333 e. The summed E-state index contributed by atoms with van der Waals surface area (Å²) in [6.07, 6.45) is 0.0167. The smallest absolute Gasteiger partial charge is 0.333 e. The van der Waals surface area contributed by atoms with Crippen LogP contribution < -0.4 is 5.32 Å². The van der Waals surface area contributed by atoms with Gasteiger partial charge >= 0.3 is 6.03 Å². The summed E-state index contributed by atoms with van der Waals surface area (Å²) in [7, 11) is 1.68. The number of nitrogens with zero attached hydrogens (tertiary/aromatic N) is 4. The van der Waals surface area contributed by atoms with E-state index in [9.17, 15) is 18.8 Å². The van der Waals surface area contributed by atoms with Crippen molar-refractivity contribution in [2.75, 3.05) is 20.1 Å². The lowest BCUT2D eigenvalue weighted by molar-refractivity contribution is -0.190. The van der Waals surface area contributed by atoms with Crippen molar-refractivity contribution in [2.24, 2.45) is 5.92 Å². The molecule has 4 rings (SSSR count). The third-order valence-corrected chi connectivity index (χ3v) is 7.31. The Bertz CT molecular complexity index is 1130. The van der Waals surface area contributed by atoms with Crippen molar-refractivity contribution in [3.8, 4) is 0 Å². The quantitative estimate of drug-likeness (QED) is 0.639. The van der Waals surface area contributed by atoms with Gasteiger partial charge in [0.25, 0.3) is 0 Å². The lowest BCUT2D eigenvalue weighted by Crippen LogP contribution is -2.76. The molecule has 0 aliphatic carbocycles. The van der Waals surface area contributed by atoms with Crippen molar-refractivity contribution >= 4 is 29.4 Å². The Hall–Kier alpha value is -3.17. The summed E-state index contributed by atoms with van der Waals surface area (Å²) in [6.45, 7) is 4.53. The largest absolute Gasteiger partial charge is 0.334 e. The third-order valence-electron chi connectivity index (χ3n) is 6.94. The Morgan fingerprint density at radius 1 is 1.17 bits per heavy atom. The molecule has 1 unspecified atom stereocenters. The first kappa shape index (κ1) is 25.9. The molecule has 0 saturated carbocycles. The molecule has 2 heterocycles. The fourth-order valence-electron chi connectivity index (χ4n) is 4.83. The normalized spacial score (nSPS) is 21.4. The highest BCUT2D eigenvalue weighted by Gasteiger charge is 2.51. The van der Waals surface area contributed by atoms with E-state index in [0.717, 1.165) is 11.1 Å². The van der Waals surface area contributed by atoms with Gasteiger partial charge in [0.05, 0.1) is 13.1 Å². The van der Waals surface area contributed by atoms with Gasteiger partial charge in [0.1, 0.15) is 18.0 Å². The molecule has 0 radical (unpaired) electrons. The van der Waals surface area contributed by atoms with E-state index in [4.69, 9.17) is 11.6 Å². The minimum absolute atomic E-state index is 0.0226. The molecule has 2 fully saturated rings. The van der Waals surface area contributed by atoms with Crippen LogP contribution in [-0.2, 0) is 22.7 Å². The van der Waals surface area contributed by atoms with E-state index in [1.807, 2.05) is 32.0 Å². The molecule has 10 heteroatoms. The highest BCUT2D eigenvalue weighted by Crippen LogP contribution is 2.31. The lowest BCUT2D eigenvalue weighted by Gasteiger charge is -2.55. The van der Waals surface area contributed by atoms with Crippen LogP contribution in [0, 0.1) is 11.7 Å². The van der Waals surface area contributed by atoms with Crippen LogP contribution in [0.5, 0.6) is 0 Å². The molecule has 4 amide bonds. The number of carbonyl (C=O) groups excluding carboxylic acids is 3. The van der Waals surface area contributed by atoms with Gasteiger partial charge in [-0.1, -0.05) is 62.2 Å². The van der Waals surface area contributed by atoms with E-state index in [2.05, 4.69) is 5.32 Å². The van der Waals surface area contributed by atoms with Crippen LogP contribution in [0.25, 0.3) is 0 Å². The molecule has 2 aromatic rings. The van der Waals surface area contributed by atoms with E-state index < -0.39 is 18.2 Å². The molecule has 1 N–H and O–H groups in total. The molecule has 2 aromatic carbocycles. The van der Waals surface area contributed by atoms with Gasteiger partial charge in [0, 0.05) is 25.2 Å². The van der Waals surface area contributed by atoms with E-state index in [-0.39, 0.29) is 49.7 Å². The van der Waals surface area contributed by atoms with Gasteiger partial charge in [-0.3, -0.25) is 9.59 Å². The van der Waals surface area contributed by atoms with Crippen molar-refractivity contribution in [3.05, 3.63) is 70.5 Å². The number of halogens is 2. The van der Waals surface area contributed by atoms with Crippen LogP contribution in [0.2, 0.25) is 5.02 Å². The molecule has 0 bridgehead atoms. The van der Waals surface area contributed by atoms with Crippen molar-refractivity contribution < 1.29 is 18.8 Å². The molecule has 8 nitrogen and oxygen atoms in total. The molecule has 0 aromatic heterocycles. The van der Waals surface area contributed by atoms with Crippen molar-refractivity contribution in [1.29, 1.82) is 0 Å². The number of carbonyl (C=O) groups is 3. The molecular formula is C26H31ClFN5O3. The molecule has 0 spiro atoms.